The predicted octanol–water partition coefficient (Wildman–Crippen LogP) is 1.50. The number of sulfonamides is 1. The molecule has 0 aromatic heterocycles. The maximum Gasteiger partial charge on any atom is 0.268 e. The Morgan fingerprint density at radius 1 is 1.37 bits per heavy atom. The van der Waals surface area contributed by atoms with E-state index in [2.05, 4.69) is 0 Å². The second-order valence-electron chi connectivity index (χ2n) is 4.10. The van der Waals surface area contributed by atoms with Crippen molar-refractivity contribution in [3.63, 3.8) is 0 Å². The molecule has 0 radical (unpaired) electrons. The molecule has 7 heteroatoms. The lowest BCUT2D eigenvalue weighted by Gasteiger charge is -2.23. The van der Waals surface area contributed by atoms with Gasteiger partial charge >= 0.3 is 0 Å². The highest BCUT2D eigenvalue weighted by atomic mass is 32.2. The van der Waals surface area contributed by atoms with E-state index in [0.29, 0.717) is 13.0 Å². The molecule has 104 valence electrons. The molecule has 1 aromatic rings. The smallest absolute Gasteiger partial charge is 0.268 e. The number of carbonyl (C=O) groups excluding carboxylic acids is 1. The Labute approximate surface area is 111 Å². The fourth-order valence-corrected chi connectivity index (χ4v) is 3.53. The number of benzene rings is 1. The summed E-state index contributed by atoms with van der Waals surface area (Å²) in [5.41, 5.74) is 0. The van der Waals surface area contributed by atoms with Gasteiger partial charge < -0.3 is 4.74 Å². The standard InChI is InChI=1S/C12H14FNO4S/c1-2-18-12-8-7-11(15)14(12)19(16,17)10-5-3-9(13)4-6-10/h3-6,12H,2,7-8H2,1H3. The van der Waals surface area contributed by atoms with Crippen LogP contribution in [-0.2, 0) is 19.6 Å². The zero-order valence-electron chi connectivity index (χ0n) is 10.4. The molecule has 0 aliphatic carbocycles. The monoisotopic (exact) mass is 287 g/mol. The van der Waals surface area contributed by atoms with E-state index < -0.39 is 28.0 Å². The van der Waals surface area contributed by atoms with Crippen molar-refractivity contribution in [1.29, 1.82) is 0 Å². The van der Waals surface area contributed by atoms with Gasteiger partial charge in [0.15, 0.2) is 0 Å². The fraction of sp³-hybridized carbons (Fsp3) is 0.417. The van der Waals surface area contributed by atoms with Crippen molar-refractivity contribution < 1.29 is 22.3 Å². The predicted molar refractivity (Wildman–Crippen MR) is 65.1 cm³/mol. The molecule has 1 saturated heterocycles. The SMILES string of the molecule is CCOC1CCC(=O)N1S(=O)(=O)c1ccc(F)cc1. The van der Waals surface area contributed by atoms with Gasteiger partial charge in [0.25, 0.3) is 10.0 Å². The zero-order chi connectivity index (χ0) is 14.0. The number of halogens is 1. The van der Waals surface area contributed by atoms with Crippen molar-refractivity contribution in [2.75, 3.05) is 6.61 Å². The van der Waals surface area contributed by atoms with E-state index in [1.54, 1.807) is 6.92 Å². The minimum Gasteiger partial charge on any atom is -0.357 e. The summed E-state index contributed by atoms with van der Waals surface area (Å²) in [4.78, 5) is 11.6. The summed E-state index contributed by atoms with van der Waals surface area (Å²) in [5, 5.41) is 0. The van der Waals surface area contributed by atoms with Crippen LogP contribution in [0.25, 0.3) is 0 Å². The summed E-state index contributed by atoms with van der Waals surface area (Å²) < 4.78 is 43.5. The lowest BCUT2D eigenvalue weighted by Crippen LogP contribution is -2.40. The number of carbonyl (C=O) groups is 1. The Balaban J connectivity index is 2.37. The lowest BCUT2D eigenvalue weighted by atomic mass is 10.3. The van der Waals surface area contributed by atoms with Crippen LogP contribution in [0.3, 0.4) is 0 Å². The Kier molecular flexibility index (Phi) is 3.86. The van der Waals surface area contributed by atoms with Crippen LogP contribution in [0.5, 0.6) is 0 Å². The van der Waals surface area contributed by atoms with Crippen molar-refractivity contribution in [2.24, 2.45) is 0 Å². The molecule has 1 atom stereocenters. The Morgan fingerprint density at radius 2 is 2.00 bits per heavy atom. The molecule has 1 aliphatic heterocycles. The molecule has 2 rings (SSSR count). The van der Waals surface area contributed by atoms with E-state index in [4.69, 9.17) is 4.74 Å². The molecule has 1 unspecified atom stereocenters. The van der Waals surface area contributed by atoms with Gasteiger partial charge in [0, 0.05) is 19.4 Å². The Hall–Kier alpha value is -1.47. The molecule has 0 bridgehead atoms. The van der Waals surface area contributed by atoms with Gasteiger partial charge in [-0.2, -0.15) is 0 Å². The van der Waals surface area contributed by atoms with E-state index >= 15 is 0 Å². The normalized spacial score (nSPS) is 20.0. The van der Waals surface area contributed by atoms with Crippen LogP contribution in [0, 0.1) is 5.82 Å². The van der Waals surface area contributed by atoms with Gasteiger partial charge in [-0.3, -0.25) is 4.79 Å². The molecule has 0 saturated carbocycles. The van der Waals surface area contributed by atoms with Crippen LogP contribution in [0.4, 0.5) is 4.39 Å². The molecule has 1 aliphatic rings. The van der Waals surface area contributed by atoms with Crippen molar-refractivity contribution in [3.05, 3.63) is 30.1 Å². The van der Waals surface area contributed by atoms with Gasteiger partial charge in [0.05, 0.1) is 4.90 Å². The number of amides is 1. The van der Waals surface area contributed by atoms with Gasteiger partial charge in [-0.1, -0.05) is 0 Å². The van der Waals surface area contributed by atoms with Crippen LogP contribution in [0.2, 0.25) is 0 Å². The van der Waals surface area contributed by atoms with Gasteiger partial charge in [0.2, 0.25) is 5.91 Å². The summed E-state index contributed by atoms with van der Waals surface area (Å²) in [6, 6.07) is 4.37. The Bertz CT molecular complexity index is 570. The van der Waals surface area contributed by atoms with Crippen LogP contribution >= 0.6 is 0 Å². The van der Waals surface area contributed by atoms with E-state index in [9.17, 15) is 17.6 Å². The third kappa shape index (κ3) is 2.62. The first kappa shape index (κ1) is 14.0. The summed E-state index contributed by atoms with van der Waals surface area (Å²) in [7, 11) is -3.98. The molecular weight excluding hydrogens is 273 g/mol. The van der Waals surface area contributed by atoms with Gasteiger partial charge in [0.1, 0.15) is 12.0 Å². The van der Waals surface area contributed by atoms with E-state index in [1.165, 1.54) is 0 Å². The van der Waals surface area contributed by atoms with Crippen LogP contribution in [0.15, 0.2) is 29.2 Å². The second kappa shape index (κ2) is 5.26. The molecule has 0 spiro atoms. The maximum absolute atomic E-state index is 12.8. The third-order valence-corrected chi connectivity index (χ3v) is 4.67. The molecule has 1 amide bonds. The largest absolute Gasteiger partial charge is 0.357 e. The first-order chi connectivity index (χ1) is 8.96. The highest BCUT2D eigenvalue weighted by Gasteiger charge is 2.41. The first-order valence-corrected chi connectivity index (χ1v) is 7.35. The van der Waals surface area contributed by atoms with Gasteiger partial charge in [-0.15, -0.1) is 0 Å². The van der Waals surface area contributed by atoms with E-state index in [0.717, 1.165) is 28.6 Å². The molecule has 1 aromatic carbocycles. The van der Waals surface area contributed by atoms with Crippen molar-refractivity contribution in [3.8, 4) is 0 Å². The molecule has 1 fully saturated rings. The van der Waals surface area contributed by atoms with Crippen molar-refractivity contribution in [1.82, 2.24) is 4.31 Å². The molecule has 19 heavy (non-hydrogen) atoms. The highest BCUT2D eigenvalue weighted by molar-refractivity contribution is 7.89. The number of hydrogen-bond acceptors (Lipinski definition) is 4. The first-order valence-electron chi connectivity index (χ1n) is 5.91. The summed E-state index contributed by atoms with van der Waals surface area (Å²) in [5.74, 6) is -1.03. The average Bonchev–Trinajstić information content (AvgIpc) is 2.72. The number of rotatable bonds is 4. The van der Waals surface area contributed by atoms with E-state index in [-0.39, 0.29) is 11.3 Å². The Morgan fingerprint density at radius 3 is 2.58 bits per heavy atom. The summed E-state index contributed by atoms with van der Waals surface area (Å²) in [6.45, 7) is 2.04. The van der Waals surface area contributed by atoms with Gasteiger partial charge in [-0.25, -0.2) is 17.1 Å². The van der Waals surface area contributed by atoms with Crippen LogP contribution < -0.4 is 0 Å². The second-order valence-corrected chi connectivity index (χ2v) is 5.91. The van der Waals surface area contributed by atoms with Crippen molar-refractivity contribution >= 4 is 15.9 Å². The number of nitrogens with zero attached hydrogens (tertiary/aromatic N) is 1. The van der Waals surface area contributed by atoms with Crippen LogP contribution in [0.1, 0.15) is 19.8 Å². The number of ether oxygens (including phenoxy) is 1. The molecule has 1 heterocycles. The lowest BCUT2D eigenvalue weighted by molar-refractivity contribution is -0.128. The zero-order valence-corrected chi connectivity index (χ0v) is 11.2. The minimum atomic E-state index is -3.98. The quantitative estimate of drug-likeness (QED) is 0.842. The maximum atomic E-state index is 12.8. The van der Waals surface area contributed by atoms with E-state index in [1.807, 2.05) is 0 Å². The molecule has 5 nitrogen and oxygen atoms in total. The van der Waals surface area contributed by atoms with Crippen molar-refractivity contribution in [2.45, 2.75) is 30.9 Å². The minimum absolute atomic E-state index is 0.117. The fourth-order valence-electron chi connectivity index (χ4n) is 1.99. The molecular formula is C12H14FNO4S. The van der Waals surface area contributed by atoms with Gasteiger partial charge in [-0.05, 0) is 31.2 Å². The topological polar surface area (TPSA) is 63.7 Å². The summed E-state index contributed by atoms with van der Waals surface area (Å²) in [6.07, 6.45) is -0.300. The third-order valence-electron chi connectivity index (χ3n) is 2.84. The highest BCUT2D eigenvalue weighted by Crippen LogP contribution is 2.27. The average molecular weight is 287 g/mol. The molecule has 0 N–H and O–H groups in total. The summed E-state index contributed by atoms with van der Waals surface area (Å²) >= 11 is 0. The number of hydrogen-bond donors (Lipinski definition) is 0. The van der Waals surface area contributed by atoms with Crippen LogP contribution in [-0.4, -0.2) is 31.5 Å².